The number of carbonyl (C=O) groups is 1. The van der Waals surface area contributed by atoms with Gasteiger partial charge in [0.1, 0.15) is 5.75 Å². The average Bonchev–Trinajstić information content (AvgIpc) is 2.84. The molecular weight excluding hydrogens is 442 g/mol. The summed E-state index contributed by atoms with van der Waals surface area (Å²) >= 11 is 0. The topological polar surface area (TPSA) is 57.2 Å². The molecule has 3 rings (SSSR count). The van der Waals surface area contributed by atoms with Gasteiger partial charge < -0.3 is 23.8 Å². The smallest absolute Gasteiger partial charge is 0.338 e. The summed E-state index contributed by atoms with van der Waals surface area (Å²) in [6.07, 6.45) is 5.11. The molecule has 0 aliphatic heterocycles. The number of likely N-dealkylation sites (N-methyl/N-ethyl adjacent to an activating group) is 1. The van der Waals surface area contributed by atoms with Crippen molar-refractivity contribution < 1.29 is 23.7 Å². The van der Waals surface area contributed by atoms with E-state index in [1.165, 1.54) is 11.1 Å². The SMILES string of the molecule is CCN(CCCCOC(=O)c1ccc(OC)c(OC)c1)C1CCc2c(cccc2OC)C1.Cl. The Labute approximate surface area is 203 Å². The van der Waals surface area contributed by atoms with Gasteiger partial charge in [0.05, 0.1) is 33.5 Å². The molecule has 1 atom stereocenters. The highest BCUT2D eigenvalue weighted by Gasteiger charge is 2.25. The van der Waals surface area contributed by atoms with Gasteiger partial charge in [-0.3, -0.25) is 0 Å². The molecule has 1 aliphatic rings. The Kier molecular flexibility index (Phi) is 10.8. The van der Waals surface area contributed by atoms with Crippen molar-refractivity contribution in [3.63, 3.8) is 0 Å². The minimum atomic E-state index is -0.337. The standard InChI is InChI=1S/C26H35NO5.ClH/c1-5-27(21-12-13-22-19(17-21)9-8-10-23(22)29-2)15-6-7-16-32-26(28)20-11-14-24(30-3)25(18-20)31-4;/h8-11,14,18,21H,5-7,12-13,15-17H2,1-4H3;1H. The highest BCUT2D eigenvalue weighted by molar-refractivity contribution is 5.90. The maximum atomic E-state index is 12.3. The Bertz CT molecular complexity index is 904. The second-order valence-electron chi connectivity index (χ2n) is 8.04. The maximum absolute atomic E-state index is 12.3. The number of methoxy groups -OCH3 is 3. The Morgan fingerprint density at radius 1 is 1.00 bits per heavy atom. The zero-order chi connectivity index (χ0) is 22.9. The first-order valence-corrected chi connectivity index (χ1v) is 11.4. The lowest BCUT2D eigenvalue weighted by Gasteiger charge is -2.35. The predicted molar refractivity (Wildman–Crippen MR) is 132 cm³/mol. The Morgan fingerprint density at radius 2 is 1.76 bits per heavy atom. The van der Waals surface area contributed by atoms with Crippen molar-refractivity contribution in [1.82, 2.24) is 4.90 Å². The van der Waals surface area contributed by atoms with Crippen molar-refractivity contribution in [3.8, 4) is 17.2 Å². The number of hydrogen-bond acceptors (Lipinski definition) is 6. The van der Waals surface area contributed by atoms with E-state index in [1.807, 2.05) is 0 Å². The molecule has 0 spiro atoms. The molecule has 0 aromatic heterocycles. The molecule has 1 unspecified atom stereocenters. The molecule has 33 heavy (non-hydrogen) atoms. The fourth-order valence-corrected chi connectivity index (χ4v) is 4.48. The lowest BCUT2D eigenvalue weighted by molar-refractivity contribution is 0.0492. The van der Waals surface area contributed by atoms with E-state index in [0.717, 1.165) is 50.9 Å². The molecule has 2 aromatic rings. The summed E-state index contributed by atoms with van der Waals surface area (Å²) in [6.45, 7) is 4.66. The Morgan fingerprint density at radius 3 is 2.45 bits per heavy atom. The van der Waals surface area contributed by atoms with Gasteiger partial charge in [0, 0.05) is 6.04 Å². The van der Waals surface area contributed by atoms with Gasteiger partial charge in [-0.2, -0.15) is 0 Å². The summed E-state index contributed by atoms with van der Waals surface area (Å²) in [6, 6.07) is 12.0. The van der Waals surface area contributed by atoms with Crippen LogP contribution in [0.25, 0.3) is 0 Å². The number of rotatable bonds is 11. The number of benzene rings is 2. The number of esters is 1. The van der Waals surface area contributed by atoms with Crippen molar-refractivity contribution in [2.45, 2.75) is 45.1 Å². The van der Waals surface area contributed by atoms with E-state index in [2.05, 4.69) is 30.0 Å². The van der Waals surface area contributed by atoms with Gasteiger partial charge in [0.2, 0.25) is 0 Å². The fraction of sp³-hybridized carbons (Fsp3) is 0.500. The number of fused-ring (bicyclic) bond motifs is 1. The molecule has 0 saturated carbocycles. The first-order valence-electron chi connectivity index (χ1n) is 11.4. The quantitative estimate of drug-likeness (QED) is 0.337. The molecule has 0 saturated heterocycles. The van der Waals surface area contributed by atoms with Crippen LogP contribution >= 0.6 is 12.4 Å². The number of unbranched alkanes of at least 4 members (excludes halogenated alkanes) is 1. The van der Waals surface area contributed by atoms with Gasteiger partial charge in [-0.1, -0.05) is 19.1 Å². The van der Waals surface area contributed by atoms with E-state index >= 15 is 0 Å². The summed E-state index contributed by atoms with van der Waals surface area (Å²) in [7, 11) is 4.87. The van der Waals surface area contributed by atoms with Crippen molar-refractivity contribution >= 4 is 18.4 Å². The summed E-state index contributed by atoms with van der Waals surface area (Å²) < 4.78 is 21.5. The molecule has 0 radical (unpaired) electrons. The summed E-state index contributed by atoms with van der Waals surface area (Å²) in [5.74, 6) is 1.79. The Balaban J connectivity index is 0.00000385. The lowest BCUT2D eigenvalue weighted by atomic mass is 9.86. The molecule has 0 fully saturated rings. The molecule has 0 N–H and O–H groups in total. The zero-order valence-electron chi connectivity index (χ0n) is 20.1. The normalized spacial score (nSPS) is 14.8. The third-order valence-electron chi connectivity index (χ3n) is 6.25. The zero-order valence-corrected chi connectivity index (χ0v) is 20.9. The van der Waals surface area contributed by atoms with E-state index < -0.39 is 0 Å². The van der Waals surface area contributed by atoms with Crippen LogP contribution in [-0.4, -0.2) is 57.9 Å². The number of ether oxygens (including phenoxy) is 4. The highest BCUT2D eigenvalue weighted by atomic mass is 35.5. The summed E-state index contributed by atoms with van der Waals surface area (Å²) in [4.78, 5) is 14.9. The Hall–Kier alpha value is -2.44. The molecule has 182 valence electrons. The van der Waals surface area contributed by atoms with E-state index in [9.17, 15) is 4.79 Å². The number of carbonyl (C=O) groups excluding carboxylic acids is 1. The van der Waals surface area contributed by atoms with Crippen LogP contribution in [0, 0.1) is 0 Å². The van der Waals surface area contributed by atoms with E-state index in [1.54, 1.807) is 39.5 Å². The van der Waals surface area contributed by atoms with E-state index in [-0.39, 0.29) is 18.4 Å². The molecule has 0 bridgehead atoms. The van der Waals surface area contributed by atoms with E-state index in [0.29, 0.717) is 29.7 Å². The molecule has 7 heteroatoms. The van der Waals surface area contributed by atoms with Gasteiger partial charge in [0.25, 0.3) is 0 Å². The first kappa shape index (κ1) is 26.8. The van der Waals surface area contributed by atoms with E-state index in [4.69, 9.17) is 18.9 Å². The predicted octanol–water partition coefficient (Wildman–Crippen LogP) is 4.95. The number of halogens is 1. The van der Waals surface area contributed by atoms with Crippen LogP contribution < -0.4 is 14.2 Å². The summed E-state index contributed by atoms with van der Waals surface area (Å²) in [5, 5.41) is 0. The van der Waals surface area contributed by atoms with Crippen LogP contribution in [0.5, 0.6) is 17.2 Å². The molecule has 0 amide bonds. The van der Waals surface area contributed by atoms with Crippen LogP contribution in [0.1, 0.15) is 47.7 Å². The van der Waals surface area contributed by atoms with Crippen LogP contribution in [0.15, 0.2) is 36.4 Å². The van der Waals surface area contributed by atoms with Crippen molar-refractivity contribution in [2.24, 2.45) is 0 Å². The van der Waals surface area contributed by atoms with Crippen LogP contribution in [0.2, 0.25) is 0 Å². The third-order valence-corrected chi connectivity index (χ3v) is 6.25. The monoisotopic (exact) mass is 477 g/mol. The number of nitrogens with zero attached hydrogens (tertiary/aromatic N) is 1. The van der Waals surface area contributed by atoms with Gasteiger partial charge in [-0.05, 0) is 80.6 Å². The largest absolute Gasteiger partial charge is 0.496 e. The highest BCUT2D eigenvalue weighted by Crippen LogP contribution is 2.31. The minimum Gasteiger partial charge on any atom is -0.496 e. The van der Waals surface area contributed by atoms with Crippen molar-refractivity contribution in [1.29, 1.82) is 0 Å². The molecule has 2 aromatic carbocycles. The van der Waals surface area contributed by atoms with Crippen molar-refractivity contribution in [2.75, 3.05) is 41.0 Å². The van der Waals surface area contributed by atoms with Gasteiger partial charge in [-0.25, -0.2) is 4.79 Å². The first-order chi connectivity index (χ1) is 15.6. The van der Waals surface area contributed by atoms with Gasteiger partial charge >= 0.3 is 5.97 Å². The second kappa shape index (κ2) is 13.3. The second-order valence-corrected chi connectivity index (χ2v) is 8.04. The molecule has 1 aliphatic carbocycles. The average molecular weight is 478 g/mol. The third kappa shape index (κ3) is 6.78. The molecular formula is C26H36ClNO5. The van der Waals surface area contributed by atoms with Gasteiger partial charge in [-0.15, -0.1) is 12.4 Å². The van der Waals surface area contributed by atoms with Crippen LogP contribution in [0.4, 0.5) is 0 Å². The molecule has 0 heterocycles. The fourth-order valence-electron chi connectivity index (χ4n) is 4.48. The van der Waals surface area contributed by atoms with Crippen molar-refractivity contribution in [3.05, 3.63) is 53.1 Å². The lowest BCUT2D eigenvalue weighted by Crippen LogP contribution is -2.40. The summed E-state index contributed by atoms with van der Waals surface area (Å²) in [5.41, 5.74) is 3.24. The number of hydrogen-bond donors (Lipinski definition) is 0. The molecule has 6 nitrogen and oxygen atoms in total. The van der Waals surface area contributed by atoms with Crippen LogP contribution in [0.3, 0.4) is 0 Å². The van der Waals surface area contributed by atoms with Gasteiger partial charge in [0.15, 0.2) is 11.5 Å². The maximum Gasteiger partial charge on any atom is 0.338 e. The van der Waals surface area contributed by atoms with Crippen LogP contribution in [-0.2, 0) is 17.6 Å². The minimum absolute atomic E-state index is 0.